The van der Waals surface area contributed by atoms with Gasteiger partial charge in [0.05, 0.1) is 25.4 Å². The summed E-state index contributed by atoms with van der Waals surface area (Å²) in [6, 6.07) is -0.836. The molecule has 1 heterocycles. The molecule has 9 heteroatoms. The number of aliphatic hydroxyl groups is 5. The molecule has 0 aromatic rings. The highest BCUT2D eigenvalue weighted by Gasteiger charge is 2.44. The van der Waals surface area contributed by atoms with Gasteiger partial charge in [0.15, 0.2) is 6.29 Å². The molecule has 1 aliphatic rings. The van der Waals surface area contributed by atoms with Gasteiger partial charge in [0.25, 0.3) is 0 Å². The van der Waals surface area contributed by atoms with Crippen molar-refractivity contribution in [3.8, 4) is 0 Å². The Balaban J connectivity index is 2.33. The van der Waals surface area contributed by atoms with Crippen molar-refractivity contribution in [1.82, 2.24) is 5.32 Å². The molecule has 1 aliphatic heterocycles. The topological polar surface area (TPSA) is 149 Å². The Hall–Kier alpha value is -2.37. The number of nitrogens with one attached hydrogen (secondary N) is 1. The molecule has 0 radical (unpaired) electrons. The molecule has 376 valence electrons. The van der Waals surface area contributed by atoms with Crippen LogP contribution < -0.4 is 5.32 Å². The molecule has 0 spiro atoms. The van der Waals surface area contributed by atoms with E-state index in [1.165, 1.54) is 122 Å². The molecule has 9 nitrogen and oxygen atoms in total. The molecule has 0 aromatic carbocycles. The standard InChI is InChI=1S/C56H99NO8/c1-3-5-7-9-11-13-15-17-19-21-23-24-25-26-28-30-32-34-36-38-40-42-44-46-52(60)57-49(48-64-56-55(63)54(62)53(61)51(47-58)65-56)50(59)45-43-41-39-37-35-33-31-29-27-22-20-18-16-14-12-10-8-6-4-2/h15,17,21,23,25-27,29,35,37,43,45,49-51,53-56,58-59,61-63H,3-14,16,18-20,22,24,28,30-34,36,38-42,44,46-48H2,1-2H3,(H,57,60)/b17-15-,23-21-,26-25-,29-27+,37-35+,45-43+. The maximum Gasteiger partial charge on any atom is 0.220 e. The number of hydrogen-bond donors (Lipinski definition) is 6. The van der Waals surface area contributed by atoms with Gasteiger partial charge in [-0.15, -0.1) is 0 Å². The van der Waals surface area contributed by atoms with Crippen LogP contribution in [0.25, 0.3) is 0 Å². The minimum absolute atomic E-state index is 0.200. The lowest BCUT2D eigenvalue weighted by atomic mass is 9.99. The first-order valence-electron chi connectivity index (χ1n) is 26.7. The summed E-state index contributed by atoms with van der Waals surface area (Å²) in [5, 5.41) is 54.4. The first kappa shape index (κ1) is 60.6. The molecular formula is C56H99NO8. The van der Waals surface area contributed by atoms with Gasteiger partial charge in [0, 0.05) is 6.42 Å². The van der Waals surface area contributed by atoms with Gasteiger partial charge in [-0.05, 0) is 83.5 Å². The minimum Gasteiger partial charge on any atom is -0.394 e. The van der Waals surface area contributed by atoms with Gasteiger partial charge in [0.1, 0.15) is 24.4 Å². The molecular weight excluding hydrogens is 815 g/mol. The molecule has 0 aromatic heterocycles. The molecule has 0 bridgehead atoms. The van der Waals surface area contributed by atoms with Crippen molar-refractivity contribution in [1.29, 1.82) is 0 Å². The summed E-state index contributed by atoms with van der Waals surface area (Å²) < 4.78 is 11.2. The molecule has 1 saturated heterocycles. The summed E-state index contributed by atoms with van der Waals surface area (Å²) in [4.78, 5) is 13.0. The number of amides is 1. The largest absolute Gasteiger partial charge is 0.394 e. The maximum absolute atomic E-state index is 13.0. The van der Waals surface area contributed by atoms with Crippen molar-refractivity contribution in [2.75, 3.05) is 13.2 Å². The van der Waals surface area contributed by atoms with E-state index in [9.17, 15) is 30.3 Å². The fraction of sp³-hybridized carbons (Fsp3) is 0.768. The van der Waals surface area contributed by atoms with Crippen LogP contribution in [0.4, 0.5) is 0 Å². The molecule has 0 aliphatic carbocycles. The third-order valence-corrected chi connectivity index (χ3v) is 12.2. The SMILES string of the molecule is CCCCCCC/C=C\C/C=C\C/C=C\CCCCCCCCCCC(=O)NC(COC1OC(CO)C(O)C(O)C1O)C(O)/C=C/CC/C=C/CC/C=C/CCCCCCCCCCC. The Kier molecular flexibility index (Phi) is 42.4. The van der Waals surface area contributed by atoms with E-state index in [1.807, 2.05) is 6.08 Å². The van der Waals surface area contributed by atoms with Crippen molar-refractivity contribution < 1.29 is 39.8 Å². The highest BCUT2D eigenvalue weighted by Crippen LogP contribution is 2.22. The van der Waals surface area contributed by atoms with E-state index >= 15 is 0 Å². The lowest BCUT2D eigenvalue weighted by Gasteiger charge is -2.40. The van der Waals surface area contributed by atoms with Crippen LogP contribution in [0.5, 0.6) is 0 Å². The average Bonchev–Trinajstić information content (AvgIpc) is 3.31. The van der Waals surface area contributed by atoms with Gasteiger partial charge in [0.2, 0.25) is 5.91 Å². The van der Waals surface area contributed by atoms with Crippen molar-refractivity contribution >= 4 is 5.91 Å². The first-order valence-corrected chi connectivity index (χ1v) is 26.7. The zero-order valence-electron chi connectivity index (χ0n) is 41.5. The van der Waals surface area contributed by atoms with E-state index in [2.05, 4.69) is 79.9 Å². The predicted octanol–water partition coefficient (Wildman–Crippen LogP) is 12.5. The number of carbonyl (C=O) groups is 1. The summed E-state index contributed by atoms with van der Waals surface area (Å²) in [5.41, 5.74) is 0. The van der Waals surface area contributed by atoms with Crippen LogP contribution in [0.1, 0.15) is 219 Å². The third-order valence-electron chi connectivity index (χ3n) is 12.2. The van der Waals surface area contributed by atoms with Crippen molar-refractivity contribution in [3.05, 3.63) is 72.9 Å². The second-order valence-corrected chi connectivity index (χ2v) is 18.3. The normalized spacial score (nSPS) is 20.5. The average molecular weight is 914 g/mol. The molecule has 7 atom stereocenters. The van der Waals surface area contributed by atoms with Gasteiger partial charge < -0.3 is 40.3 Å². The van der Waals surface area contributed by atoms with E-state index in [0.717, 1.165) is 77.0 Å². The second kappa shape index (κ2) is 45.4. The van der Waals surface area contributed by atoms with E-state index in [-0.39, 0.29) is 12.5 Å². The molecule has 1 fully saturated rings. The smallest absolute Gasteiger partial charge is 0.220 e. The van der Waals surface area contributed by atoms with Gasteiger partial charge in [-0.3, -0.25) is 4.79 Å². The molecule has 7 unspecified atom stereocenters. The number of carbonyl (C=O) groups excluding carboxylic acids is 1. The van der Waals surface area contributed by atoms with Gasteiger partial charge in [-0.25, -0.2) is 0 Å². The Bertz CT molecular complexity index is 1240. The minimum atomic E-state index is -1.58. The molecule has 1 rings (SSSR count). The molecule has 0 saturated carbocycles. The molecule has 65 heavy (non-hydrogen) atoms. The van der Waals surface area contributed by atoms with Gasteiger partial charge in [-0.2, -0.15) is 0 Å². The van der Waals surface area contributed by atoms with Gasteiger partial charge >= 0.3 is 0 Å². The van der Waals surface area contributed by atoms with E-state index in [1.54, 1.807) is 6.08 Å². The second-order valence-electron chi connectivity index (χ2n) is 18.3. The van der Waals surface area contributed by atoms with Crippen LogP contribution in [-0.2, 0) is 14.3 Å². The summed E-state index contributed by atoms with van der Waals surface area (Å²) in [5.74, 6) is -0.200. The number of unbranched alkanes of at least 4 members (excludes halogenated alkanes) is 24. The molecule has 6 N–H and O–H groups in total. The lowest BCUT2D eigenvalue weighted by Crippen LogP contribution is -2.60. The number of hydrogen-bond acceptors (Lipinski definition) is 8. The highest BCUT2D eigenvalue weighted by molar-refractivity contribution is 5.76. The van der Waals surface area contributed by atoms with E-state index < -0.39 is 49.5 Å². The monoisotopic (exact) mass is 914 g/mol. The number of allylic oxidation sites excluding steroid dienone is 11. The number of ether oxygens (including phenoxy) is 2. The van der Waals surface area contributed by atoms with E-state index in [4.69, 9.17) is 9.47 Å². The fourth-order valence-electron chi connectivity index (χ4n) is 7.96. The first-order chi connectivity index (χ1) is 31.8. The van der Waals surface area contributed by atoms with E-state index in [0.29, 0.717) is 6.42 Å². The third kappa shape index (κ3) is 35.4. The van der Waals surface area contributed by atoms with Crippen LogP contribution in [0.2, 0.25) is 0 Å². The Morgan fingerprint density at radius 2 is 0.923 bits per heavy atom. The Labute approximate surface area is 398 Å². The Morgan fingerprint density at radius 3 is 1.40 bits per heavy atom. The van der Waals surface area contributed by atoms with Crippen molar-refractivity contribution in [2.45, 2.75) is 262 Å². The maximum atomic E-state index is 13.0. The lowest BCUT2D eigenvalue weighted by molar-refractivity contribution is -0.302. The zero-order chi connectivity index (χ0) is 47.3. The Morgan fingerprint density at radius 1 is 0.523 bits per heavy atom. The quantitative estimate of drug-likeness (QED) is 0.0261. The number of rotatable bonds is 44. The van der Waals surface area contributed by atoms with Crippen LogP contribution in [-0.4, -0.2) is 87.5 Å². The van der Waals surface area contributed by atoms with Crippen LogP contribution in [0.3, 0.4) is 0 Å². The fourth-order valence-corrected chi connectivity index (χ4v) is 7.96. The summed E-state index contributed by atoms with van der Waals surface area (Å²) in [6.07, 6.45) is 55.2. The van der Waals surface area contributed by atoms with Gasteiger partial charge in [-0.1, -0.05) is 202 Å². The summed E-state index contributed by atoms with van der Waals surface area (Å²) in [7, 11) is 0. The summed E-state index contributed by atoms with van der Waals surface area (Å²) >= 11 is 0. The predicted molar refractivity (Wildman–Crippen MR) is 272 cm³/mol. The van der Waals surface area contributed by atoms with Crippen molar-refractivity contribution in [2.24, 2.45) is 0 Å². The van der Waals surface area contributed by atoms with Crippen LogP contribution in [0, 0.1) is 0 Å². The number of aliphatic hydroxyl groups excluding tert-OH is 5. The van der Waals surface area contributed by atoms with Crippen LogP contribution >= 0.6 is 0 Å². The van der Waals surface area contributed by atoms with Crippen molar-refractivity contribution in [3.63, 3.8) is 0 Å². The van der Waals surface area contributed by atoms with Crippen LogP contribution in [0.15, 0.2) is 72.9 Å². The zero-order valence-corrected chi connectivity index (χ0v) is 41.5. The highest BCUT2D eigenvalue weighted by atomic mass is 16.7. The molecule has 1 amide bonds. The summed E-state index contributed by atoms with van der Waals surface area (Å²) in [6.45, 7) is 3.74.